The Morgan fingerprint density at radius 3 is 2.67 bits per heavy atom. The van der Waals surface area contributed by atoms with E-state index in [0.717, 1.165) is 12.8 Å². The molecule has 0 amide bonds. The predicted molar refractivity (Wildman–Crippen MR) is 94.3 cm³/mol. The molecule has 0 fully saturated rings. The summed E-state index contributed by atoms with van der Waals surface area (Å²) in [5.74, 6) is 1.03. The average molecular weight is 332 g/mol. The van der Waals surface area contributed by atoms with Crippen molar-refractivity contribution in [2.75, 3.05) is 13.7 Å². The van der Waals surface area contributed by atoms with Gasteiger partial charge in [-0.3, -0.25) is 0 Å². The molecular weight excluding hydrogens is 308 g/mol. The number of hydrogen-bond acceptors (Lipinski definition) is 5. The van der Waals surface area contributed by atoms with Crippen LogP contribution in [0.15, 0.2) is 39.6 Å². The van der Waals surface area contributed by atoms with Gasteiger partial charge in [-0.15, -0.1) is 0 Å². The van der Waals surface area contributed by atoms with Crippen molar-refractivity contribution in [1.82, 2.24) is 0 Å². The lowest BCUT2D eigenvalue weighted by Gasteiger charge is -2.16. The summed E-state index contributed by atoms with van der Waals surface area (Å²) in [6, 6.07) is 5.27. The highest BCUT2D eigenvalue weighted by Crippen LogP contribution is 2.39. The first-order valence-electron chi connectivity index (χ1n) is 8.16. The van der Waals surface area contributed by atoms with E-state index in [2.05, 4.69) is 13.0 Å². The van der Waals surface area contributed by atoms with E-state index in [1.165, 1.54) is 0 Å². The Morgan fingerprint density at radius 2 is 2.00 bits per heavy atom. The molecule has 130 valence electrons. The molecule has 0 aliphatic heterocycles. The summed E-state index contributed by atoms with van der Waals surface area (Å²) in [4.78, 5) is 12.3. The van der Waals surface area contributed by atoms with Gasteiger partial charge in [0, 0.05) is 0 Å². The van der Waals surface area contributed by atoms with Gasteiger partial charge in [-0.05, 0) is 38.8 Å². The number of benzene rings is 1. The van der Waals surface area contributed by atoms with E-state index in [1.807, 2.05) is 19.9 Å². The molecule has 24 heavy (non-hydrogen) atoms. The molecule has 2 rings (SSSR count). The molecule has 0 N–H and O–H groups in total. The number of methoxy groups -OCH3 is 1. The highest BCUT2D eigenvalue weighted by molar-refractivity contribution is 5.91. The van der Waals surface area contributed by atoms with Gasteiger partial charge < -0.3 is 18.6 Å². The van der Waals surface area contributed by atoms with E-state index in [4.69, 9.17) is 18.6 Å². The maximum absolute atomic E-state index is 12.3. The summed E-state index contributed by atoms with van der Waals surface area (Å²) in [7, 11) is 1.57. The molecule has 1 aromatic carbocycles. The van der Waals surface area contributed by atoms with Gasteiger partial charge in [-0.2, -0.15) is 0 Å². The molecule has 0 bridgehead atoms. The van der Waals surface area contributed by atoms with Crippen LogP contribution in [0.5, 0.6) is 17.2 Å². The molecule has 0 unspecified atom stereocenters. The van der Waals surface area contributed by atoms with Crippen molar-refractivity contribution < 1.29 is 18.6 Å². The highest BCUT2D eigenvalue weighted by Gasteiger charge is 2.21. The summed E-state index contributed by atoms with van der Waals surface area (Å²) in [6.45, 7) is 6.20. The molecule has 5 heteroatoms. The highest BCUT2D eigenvalue weighted by atomic mass is 16.5. The number of fused-ring (bicyclic) bond motifs is 1. The van der Waals surface area contributed by atoms with Crippen LogP contribution in [0, 0.1) is 0 Å². The minimum Gasteiger partial charge on any atom is -0.496 e. The third-order valence-electron chi connectivity index (χ3n) is 3.32. The summed E-state index contributed by atoms with van der Waals surface area (Å²) in [5, 5.41) is 0.606. The van der Waals surface area contributed by atoms with Crippen LogP contribution in [-0.4, -0.2) is 19.8 Å². The maximum atomic E-state index is 12.3. The van der Waals surface area contributed by atoms with Crippen molar-refractivity contribution in [3.8, 4) is 17.2 Å². The molecule has 5 nitrogen and oxygen atoms in total. The third-order valence-corrected chi connectivity index (χ3v) is 3.32. The number of ether oxygens (including phenoxy) is 3. The Morgan fingerprint density at radius 1 is 1.21 bits per heavy atom. The van der Waals surface area contributed by atoms with E-state index in [-0.39, 0.29) is 11.9 Å². The standard InChI is InChI=1S/C19H24O5/c1-5-6-7-8-12-22-17-16-14(21-4)10-9-11-15(16)24-19(20)18(17)23-13(2)3/h6-7,9-11,13H,5,8,12H2,1-4H3/b7-6+. The van der Waals surface area contributed by atoms with Crippen LogP contribution in [0.4, 0.5) is 0 Å². The molecule has 1 aromatic heterocycles. The number of hydrogen-bond donors (Lipinski definition) is 0. The SMILES string of the molecule is CC/C=C/CCOc1c(OC(C)C)c(=O)oc2cccc(OC)c12. The van der Waals surface area contributed by atoms with Crippen molar-refractivity contribution in [1.29, 1.82) is 0 Å². The Kier molecular flexibility index (Phi) is 6.29. The third kappa shape index (κ3) is 4.10. The van der Waals surface area contributed by atoms with Crippen LogP contribution >= 0.6 is 0 Å². The lowest BCUT2D eigenvalue weighted by atomic mass is 10.2. The zero-order valence-corrected chi connectivity index (χ0v) is 14.6. The first kappa shape index (κ1) is 17.9. The van der Waals surface area contributed by atoms with Gasteiger partial charge in [0.25, 0.3) is 0 Å². The van der Waals surface area contributed by atoms with Gasteiger partial charge in [0.1, 0.15) is 16.7 Å². The second-order valence-electron chi connectivity index (χ2n) is 5.56. The van der Waals surface area contributed by atoms with Crippen molar-refractivity contribution in [3.63, 3.8) is 0 Å². The summed E-state index contributed by atoms with van der Waals surface area (Å²) < 4.78 is 22.3. The van der Waals surface area contributed by atoms with Gasteiger partial charge in [-0.1, -0.05) is 25.1 Å². The van der Waals surface area contributed by atoms with Crippen molar-refractivity contribution in [3.05, 3.63) is 40.8 Å². The zero-order valence-electron chi connectivity index (χ0n) is 14.6. The van der Waals surface area contributed by atoms with Crippen molar-refractivity contribution >= 4 is 11.0 Å². The molecule has 0 aliphatic rings. The van der Waals surface area contributed by atoms with Gasteiger partial charge in [0.15, 0.2) is 5.75 Å². The van der Waals surface area contributed by atoms with E-state index < -0.39 is 5.63 Å². The van der Waals surface area contributed by atoms with E-state index in [0.29, 0.717) is 29.1 Å². The average Bonchev–Trinajstić information content (AvgIpc) is 2.56. The second-order valence-corrected chi connectivity index (χ2v) is 5.56. The molecule has 0 spiro atoms. The molecule has 0 aliphatic carbocycles. The minimum atomic E-state index is -0.552. The Balaban J connectivity index is 2.51. The van der Waals surface area contributed by atoms with Crippen molar-refractivity contribution in [2.24, 2.45) is 0 Å². The Labute approximate surface area is 141 Å². The number of rotatable bonds is 8. The molecule has 0 radical (unpaired) electrons. The van der Waals surface area contributed by atoms with Crippen molar-refractivity contribution in [2.45, 2.75) is 39.7 Å². The molecular formula is C19H24O5. The minimum absolute atomic E-state index is 0.0847. The van der Waals surface area contributed by atoms with E-state index in [1.54, 1.807) is 25.3 Å². The van der Waals surface area contributed by atoms with Crippen LogP contribution in [0.3, 0.4) is 0 Å². The molecule has 0 saturated heterocycles. The van der Waals surface area contributed by atoms with Crippen LogP contribution in [-0.2, 0) is 0 Å². The first-order valence-corrected chi connectivity index (χ1v) is 8.16. The van der Waals surface area contributed by atoms with E-state index >= 15 is 0 Å². The Hall–Kier alpha value is -2.43. The lowest BCUT2D eigenvalue weighted by Crippen LogP contribution is -2.15. The monoisotopic (exact) mass is 332 g/mol. The lowest BCUT2D eigenvalue weighted by molar-refractivity contribution is 0.212. The largest absolute Gasteiger partial charge is 0.496 e. The van der Waals surface area contributed by atoms with Gasteiger partial charge >= 0.3 is 5.63 Å². The summed E-state index contributed by atoms with van der Waals surface area (Å²) in [5.41, 5.74) is -0.141. The maximum Gasteiger partial charge on any atom is 0.383 e. The van der Waals surface area contributed by atoms with Crippen LogP contribution < -0.4 is 19.8 Å². The quantitative estimate of drug-likeness (QED) is 0.409. The second kappa shape index (κ2) is 8.43. The predicted octanol–water partition coefficient (Wildman–Crippen LogP) is 4.32. The number of allylic oxidation sites excluding steroid dienone is 1. The molecule has 0 saturated carbocycles. The van der Waals surface area contributed by atoms with Gasteiger partial charge in [0.05, 0.1) is 19.8 Å². The normalized spacial score (nSPS) is 11.4. The van der Waals surface area contributed by atoms with Crippen LogP contribution in [0.1, 0.15) is 33.6 Å². The zero-order chi connectivity index (χ0) is 17.5. The first-order chi connectivity index (χ1) is 11.6. The van der Waals surface area contributed by atoms with E-state index in [9.17, 15) is 4.79 Å². The van der Waals surface area contributed by atoms with Crippen LogP contribution in [0.2, 0.25) is 0 Å². The summed E-state index contributed by atoms with van der Waals surface area (Å²) >= 11 is 0. The molecule has 0 atom stereocenters. The molecule has 2 aromatic rings. The fraction of sp³-hybridized carbons (Fsp3) is 0.421. The summed E-state index contributed by atoms with van der Waals surface area (Å²) in [6.07, 6.45) is 5.67. The molecule has 1 heterocycles. The Bertz CT molecular complexity index is 758. The topological polar surface area (TPSA) is 57.9 Å². The fourth-order valence-corrected chi connectivity index (χ4v) is 2.33. The van der Waals surface area contributed by atoms with Gasteiger partial charge in [0.2, 0.25) is 5.75 Å². The van der Waals surface area contributed by atoms with Gasteiger partial charge in [-0.25, -0.2) is 4.79 Å². The van der Waals surface area contributed by atoms with Crippen LogP contribution in [0.25, 0.3) is 11.0 Å². The fourth-order valence-electron chi connectivity index (χ4n) is 2.33. The smallest absolute Gasteiger partial charge is 0.383 e.